The molecule has 80 valence electrons. The topological polar surface area (TPSA) is 38.1 Å². The van der Waals surface area contributed by atoms with Crippen LogP contribution in [0.5, 0.6) is 0 Å². The molecule has 0 aliphatic heterocycles. The van der Waals surface area contributed by atoms with Crippen molar-refractivity contribution in [2.24, 2.45) is 5.92 Å². The molecule has 1 aromatic heterocycles. The summed E-state index contributed by atoms with van der Waals surface area (Å²) in [4.78, 5) is 4.14. The molecule has 1 N–H and O–H groups in total. The van der Waals surface area contributed by atoms with Crippen molar-refractivity contribution in [3.63, 3.8) is 0 Å². The maximum atomic E-state index is 5.37. The average molecular weight is 196 g/mol. The second kappa shape index (κ2) is 5.15. The largest absolute Gasteiger partial charge is 0.445 e. The van der Waals surface area contributed by atoms with Crippen LogP contribution in [0.25, 0.3) is 0 Å². The Morgan fingerprint density at radius 2 is 2.21 bits per heavy atom. The third-order valence-electron chi connectivity index (χ3n) is 2.74. The molecular weight excluding hydrogens is 176 g/mol. The minimum absolute atomic E-state index is 0.507. The van der Waals surface area contributed by atoms with Crippen molar-refractivity contribution < 1.29 is 4.42 Å². The summed E-state index contributed by atoms with van der Waals surface area (Å²) in [6, 6.07) is 0.507. The summed E-state index contributed by atoms with van der Waals surface area (Å²) < 4.78 is 5.37. The first-order valence-corrected chi connectivity index (χ1v) is 5.28. The van der Waals surface area contributed by atoms with Gasteiger partial charge in [0.05, 0.1) is 12.7 Å². The van der Waals surface area contributed by atoms with Gasteiger partial charge in [-0.3, -0.25) is 0 Å². The molecule has 0 radical (unpaired) electrons. The van der Waals surface area contributed by atoms with E-state index in [9.17, 15) is 0 Å². The van der Waals surface area contributed by atoms with Crippen molar-refractivity contribution in [2.75, 3.05) is 0 Å². The van der Waals surface area contributed by atoms with Crippen LogP contribution in [0.15, 0.2) is 10.6 Å². The van der Waals surface area contributed by atoms with Gasteiger partial charge < -0.3 is 9.73 Å². The van der Waals surface area contributed by atoms with Gasteiger partial charge in [0.15, 0.2) is 0 Å². The number of oxazole rings is 1. The van der Waals surface area contributed by atoms with Gasteiger partial charge >= 0.3 is 0 Å². The van der Waals surface area contributed by atoms with Crippen molar-refractivity contribution in [1.29, 1.82) is 0 Å². The van der Waals surface area contributed by atoms with Gasteiger partial charge in [0.25, 0.3) is 0 Å². The lowest BCUT2D eigenvalue weighted by Crippen LogP contribution is -2.31. The summed E-state index contributed by atoms with van der Waals surface area (Å²) >= 11 is 0. The van der Waals surface area contributed by atoms with E-state index in [2.05, 4.69) is 31.1 Å². The van der Waals surface area contributed by atoms with Crippen molar-refractivity contribution >= 4 is 0 Å². The molecule has 0 amide bonds. The highest BCUT2D eigenvalue weighted by atomic mass is 16.4. The van der Waals surface area contributed by atoms with Crippen LogP contribution < -0.4 is 5.32 Å². The summed E-state index contributed by atoms with van der Waals surface area (Å²) in [6.07, 6.45) is 2.95. The smallest absolute Gasteiger partial charge is 0.208 e. The highest BCUT2D eigenvalue weighted by Gasteiger charge is 2.10. The van der Waals surface area contributed by atoms with Gasteiger partial charge in [-0.25, -0.2) is 4.98 Å². The quantitative estimate of drug-likeness (QED) is 0.786. The standard InChI is InChI=1S/C11H20N2O/c1-5-8(2)10(4)12-7-11-13-6-9(3)14-11/h6,8,10,12H,5,7H2,1-4H3. The minimum atomic E-state index is 0.507. The Morgan fingerprint density at radius 3 is 2.71 bits per heavy atom. The molecule has 2 atom stereocenters. The first kappa shape index (κ1) is 11.2. The fraction of sp³-hybridized carbons (Fsp3) is 0.727. The van der Waals surface area contributed by atoms with Crippen LogP contribution in [0, 0.1) is 12.8 Å². The van der Waals surface area contributed by atoms with Gasteiger partial charge in [0, 0.05) is 6.04 Å². The molecule has 0 aliphatic carbocycles. The Labute approximate surface area is 85.9 Å². The fourth-order valence-electron chi connectivity index (χ4n) is 1.29. The lowest BCUT2D eigenvalue weighted by molar-refractivity contribution is 0.362. The van der Waals surface area contributed by atoms with Crippen LogP contribution in [-0.2, 0) is 6.54 Å². The Hall–Kier alpha value is -0.830. The molecule has 14 heavy (non-hydrogen) atoms. The molecule has 3 heteroatoms. The minimum Gasteiger partial charge on any atom is -0.445 e. The number of rotatable bonds is 5. The molecular formula is C11H20N2O. The predicted molar refractivity (Wildman–Crippen MR) is 57.0 cm³/mol. The van der Waals surface area contributed by atoms with Crippen LogP contribution in [0.1, 0.15) is 38.8 Å². The van der Waals surface area contributed by atoms with Crippen LogP contribution in [0.2, 0.25) is 0 Å². The Bertz CT molecular complexity index is 270. The van der Waals surface area contributed by atoms with E-state index in [1.807, 2.05) is 6.92 Å². The van der Waals surface area contributed by atoms with Crippen molar-refractivity contribution in [1.82, 2.24) is 10.3 Å². The second-order valence-corrected chi connectivity index (χ2v) is 3.92. The molecule has 0 bridgehead atoms. The first-order valence-electron chi connectivity index (χ1n) is 5.28. The van der Waals surface area contributed by atoms with E-state index >= 15 is 0 Å². The van der Waals surface area contributed by atoms with E-state index in [1.165, 1.54) is 6.42 Å². The number of hydrogen-bond donors (Lipinski definition) is 1. The summed E-state index contributed by atoms with van der Waals surface area (Å²) in [5.41, 5.74) is 0. The lowest BCUT2D eigenvalue weighted by atomic mass is 10.0. The third-order valence-corrected chi connectivity index (χ3v) is 2.74. The SMILES string of the molecule is CCC(C)C(C)NCc1ncc(C)o1. The summed E-state index contributed by atoms with van der Waals surface area (Å²) in [5, 5.41) is 3.41. The molecule has 1 heterocycles. The molecule has 1 rings (SSSR count). The second-order valence-electron chi connectivity index (χ2n) is 3.92. The molecule has 2 unspecified atom stereocenters. The number of aromatic nitrogens is 1. The normalized spacial score (nSPS) is 15.4. The zero-order valence-electron chi connectivity index (χ0n) is 9.50. The summed E-state index contributed by atoms with van der Waals surface area (Å²) in [7, 11) is 0. The molecule has 0 saturated heterocycles. The highest BCUT2D eigenvalue weighted by Crippen LogP contribution is 2.08. The zero-order valence-corrected chi connectivity index (χ0v) is 9.50. The maximum absolute atomic E-state index is 5.37. The van der Waals surface area contributed by atoms with Crippen LogP contribution in [0.3, 0.4) is 0 Å². The Balaban J connectivity index is 2.33. The van der Waals surface area contributed by atoms with Gasteiger partial charge in [0.1, 0.15) is 5.76 Å². The molecule has 0 spiro atoms. The van der Waals surface area contributed by atoms with E-state index < -0.39 is 0 Å². The van der Waals surface area contributed by atoms with Crippen LogP contribution in [0.4, 0.5) is 0 Å². The van der Waals surface area contributed by atoms with E-state index in [-0.39, 0.29) is 0 Å². The number of hydrogen-bond acceptors (Lipinski definition) is 3. The molecule has 0 aromatic carbocycles. The predicted octanol–water partition coefficient (Wildman–Crippen LogP) is 2.51. The van der Waals surface area contributed by atoms with Crippen LogP contribution >= 0.6 is 0 Å². The van der Waals surface area contributed by atoms with Gasteiger partial charge in [0.2, 0.25) is 5.89 Å². The molecule has 3 nitrogen and oxygen atoms in total. The zero-order chi connectivity index (χ0) is 10.6. The summed E-state index contributed by atoms with van der Waals surface area (Å²) in [6.45, 7) is 9.29. The molecule has 0 saturated carbocycles. The van der Waals surface area contributed by atoms with E-state index in [4.69, 9.17) is 4.42 Å². The van der Waals surface area contributed by atoms with Gasteiger partial charge in [-0.1, -0.05) is 20.3 Å². The number of nitrogens with one attached hydrogen (secondary N) is 1. The van der Waals surface area contributed by atoms with Gasteiger partial charge in [-0.05, 0) is 19.8 Å². The average Bonchev–Trinajstić information content (AvgIpc) is 2.59. The van der Waals surface area contributed by atoms with Gasteiger partial charge in [-0.2, -0.15) is 0 Å². The van der Waals surface area contributed by atoms with Gasteiger partial charge in [-0.15, -0.1) is 0 Å². The van der Waals surface area contributed by atoms with Crippen molar-refractivity contribution in [3.8, 4) is 0 Å². The molecule has 1 aromatic rings. The first-order chi connectivity index (χ1) is 6.63. The Morgan fingerprint density at radius 1 is 1.50 bits per heavy atom. The van der Waals surface area contributed by atoms with E-state index in [0.717, 1.165) is 18.2 Å². The highest BCUT2D eigenvalue weighted by molar-refractivity contribution is 4.90. The number of nitrogens with zero attached hydrogens (tertiary/aromatic N) is 1. The fourth-order valence-corrected chi connectivity index (χ4v) is 1.29. The lowest BCUT2D eigenvalue weighted by Gasteiger charge is -2.18. The van der Waals surface area contributed by atoms with Crippen molar-refractivity contribution in [3.05, 3.63) is 17.8 Å². The van der Waals surface area contributed by atoms with Crippen molar-refractivity contribution in [2.45, 2.75) is 46.7 Å². The molecule has 0 aliphatic rings. The summed E-state index contributed by atoms with van der Waals surface area (Å²) in [5.74, 6) is 2.33. The maximum Gasteiger partial charge on any atom is 0.208 e. The van der Waals surface area contributed by atoms with E-state index in [1.54, 1.807) is 6.20 Å². The number of aryl methyl sites for hydroxylation is 1. The monoisotopic (exact) mass is 196 g/mol. The van der Waals surface area contributed by atoms with Crippen LogP contribution in [-0.4, -0.2) is 11.0 Å². The molecule has 0 fully saturated rings. The van der Waals surface area contributed by atoms with E-state index in [0.29, 0.717) is 12.0 Å². The Kier molecular flexibility index (Phi) is 4.14. The third kappa shape index (κ3) is 3.14.